The summed E-state index contributed by atoms with van der Waals surface area (Å²) in [5, 5.41) is 0. The molecular formula is C14H15NO4. The zero-order chi connectivity index (χ0) is 14.3. The number of methoxy groups -OCH3 is 2. The van der Waals surface area contributed by atoms with E-state index in [9.17, 15) is 9.59 Å². The number of nitrogens with two attached hydrogens (primary N) is 1. The first-order valence-electron chi connectivity index (χ1n) is 5.48. The Morgan fingerprint density at radius 1 is 1.00 bits per heavy atom. The predicted molar refractivity (Wildman–Crippen MR) is 73.0 cm³/mol. The first-order valence-corrected chi connectivity index (χ1v) is 5.48. The third-order valence-electron chi connectivity index (χ3n) is 2.31. The molecule has 1 aromatic carbocycles. The van der Waals surface area contributed by atoms with Crippen LogP contribution in [0.5, 0.6) is 0 Å². The number of benzene rings is 1. The highest BCUT2D eigenvalue weighted by molar-refractivity contribution is 5.90. The molecule has 0 unspecified atom stereocenters. The molecule has 1 aromatic rings. The smallest absolute Gasteiger partial charge is 0.330 e. The summed E-state index contributed by atoms with van der Waals surface area (Å²) < 4.78 is 9.02. The fourth-order valence-corrected chi connectivity index (χ4v) is 1.34. The van der Waals surface area contributed by atoms with Gasteiger partial charge in [0.1, 0.15) is 0 Å². The Bertz CT molecular complexity index is 532. The number of esters is 2. The minimum absolute atomic E-state index is 0.459. The van der Waals surface area contributed by atoms with Gasteiger partial charge < -0.3 is 15.2 Å². The van der Waals surface area contributed by atoms with Gasteiger partial charge in [-0.3, -0.25) is 0 Å². The molecule has 0 aliphatic rings. The van der Waals surface area contributed by atoms with Gasteiger partial charge in [0.05, 0.1) is 14.2 Å². The zero-order valence-electron chi connectivity index (χ0n) is 10.8. The van der Waals surface area contributed by atoms with E-state index in [2.05, 4.69) is 9.47 Å². The Morgan fingerprint density at radius 3 is 2.05 bits per heavy atom. The summed E-state index contributed by atoms with van der Waals surface area (Å²) in [4.78, 5) is 22.1. The van der Waals surface area contributed by atoms with Gasteiger partial charge in [0.2, 0.25) is 0 Å². The van der Waals surface area contributed by atoms with Gasteiger partial charge in [-0.2, -0.15) is 0 Å². The molecule has 100 valence electrons. The number of ether oxygens (including phenoxy) is 2. The molecule has 2 N–H and O–H groups in total. The zero-order valence-corrected chi connectivity index (χ0v) is 10.8. The van der Waals surface area contributed by atoms with E-state index in [1.807, 2.05) is 0 Å². The number of rotatable bonds is 4. The van der Waals surface area contributed by atoms with Crippen molar-refractivity contribution in [1.29, 1.82) is 0 Å². The lowest BCUT2D eigenvalue weighted by Gasteiger charge is -2.02. The second-order valence-electron chi connectivity index (χ2n) is 3.60. The lowest BCUT2D eigenvalue weighted by Crippen LogP contribution is -1.95. The van der Waals surface area contributed by atoms with Gasteiger partial charge in [0.15, 0.2) is 0 Å². The Kier molecular flexibility index (Phi) is 5.35. The van der Waals surface area contributed by atoms with Crippen LogP contribution in [0.2, 0.25) is 0 Å². The summed E-state index contributed by atoms with van der Waals surface area (Å²) in [6.45, 7) is 0. The van der Waals surface area contributed by atoms with Crippen molar-refractivity contribution in [2.75, 3.05) is 20.0 Å². The number of carbonyl (C=O) groups excluding carboxylic acids is 2. The van der Waals surface area contributed by atoms with E-state index < -0.39 is 11.9 Å². The van der Waals surface area contributed by atoms with E-state index in [1.165, 1.54) is 26.4 Å². The minimum Gasteiger partial charge on any atom is -0.466 e. The average molecular weight is 261 g/mol. The molecule has 0 saturated carbocycles. The molecule has 0 radical (unpaired) electrons. The fraction of sp³-hybridized carbons (Fsp3) is 0.143. The lowest BCUT2D eigenvalue weighted by molar-refractivity contribution is -0.135. The summed E-state index contributed by atoms with van der Waals surface area (Å²) in [6.07, 6.45) is 5.73. The first-order chi connectivity index (χ1) is 9.06. The molecule has 0 aliphatic heterocycles. The number of anilines is 1. The highest BCUT2D eigenvalue weighted by atomic mass is 16.5. The normalized spacial score (nSPS) is 10.8. The van der Waals surface area contributed by atoms with Gasteiger partial charge in [-0.05, 0) is 35.4 Å². The molecule has 0 spiro atoms. The van der Waals surface area contributed by atoms with Crippen LogP contribution in [0, 0.1) is 0 Å². The predicted octanol–water partition coefficient (Wildman–Crippen LogP) is 1.64. The van der Waals surface area contributed by atoms with Gasteiger partial charge in [0.25, 0.3) is 0 Å². The minimum atomic E-state index is -0.467. The van der Waals surface area contributed by atoms with Crippen LogP contribution in [0.25, 0.3) is 12.2 Å². The average Bonchev–Trinajstić information content (AvgIpc) is 2.43. The highest BCUT2D eigenvalue weighted by Crippen LogP contribution is 2.17. The summed E-state index contributed by atoms with van der Waals surface area (Å²) in [6, 6.07) is 5.13. The highest BCUT2D eigenvalue weighted by Gasteiger charge is 2.00. The molecule has 0 heterocycles. The van der Waals surface area contributed by atoms with Crippen LogP contribution in [0.1, 0.15) is 11.1 Å². The van der Waals surface area contributed by atoms with E-state index in [0.717, 1.165) is 5.56 Å². The summed E-state index contributed by atoms with van der Waals surface area (Å²) in [5.41, 5.74) is 7.67. The molecule has 0 saturated heterocycles. The molecule has 5 nitrogen and oxygen atoms in total. The molecular weight excluding hydrogens is 246 g/mol. The standard InChI is InChI=1S/C14H15NO4/c1-18-13(16)7-4-10-3-6-12(15)9-11(10)5-8-14(17)19-2/h3-9H,15H2,1-2H3. The largest absolute Gasteiger partial charge is 0.466 e. The van der Waals surface area contributed by atoms with Crippen LogP contribution in [0.3, 0.4) is 0 Å². The van der Waals surface area contributed by atoms with Gasteiger partial charge >= 0.3 is 11.9 Å². The number of hydrogen-bond acceptors (Lipinski definition) is 5. The van der Waals surface area contributed by atoms with Crippen molar-refractivity contribution in [1.82, 2.24) is 0 Å². The summed E-state index contributed by atoms with van der Waals surface area (Å²) in [5.74, 6) is -0.926. The topological polar surface area (TPSA) is 78.6 Å². The number of hydrogen-bond donors (Lipinski definition) is 1. The van der Waals surface area contributed by atoms with E-state index in [4.69, 9.17) is 5.73 Å². The Labute approximate surface area is 111 Å². The first kappa shape index (κ1) is 14.5. The molecule has 5 heteroatoms. The Hall–Kier alpha value is -2.56. The molecule has 0 aromatic heterocycles. The van der Waals surface area contributed by atoms with Crippen LogP contribution >= 0.6 is 0 Å². The SMILES string of the molecule is COC(=O)C=Cc1ccc(N)cc1C=CC(=O)OC. The van der Waals surface area contributed by atoms with Crippen LogP contribution in [0.15, 0.2) is 30.4 Å². The summed E-state index contributed by atoms with van der Waals surface area (Å²) >= 11 is 0. The lowest BCUT2D eigenvalue weighted by atomic mass is 10.1. The molecule has 0 fully saturated rings. The van der Waals surface area contributed by atoms with E-state index >= 15 is 0 Å². The second-order valence-corrected chi connectivity index (χ2v) is 3.60. The molecule has 1 rings (SSSR count). The molecule has 0 atom stereocenters. The van der Waals surface area contributed by atoms with Crippen molar-refractivity contribution in [3.8, 4) is 0 Å². The van der Waals surface area contributed by atoms with Gasteiger partial charge in [-0.1, -0.05) is 6.07 Å². The molecule has 0 amide bonds. The Balaban J connectivity index is 3.04. The third-order valence-corrected chi connectivity index (χ3v) is 2.31. The maximum atomic E-state index is 11.1. The van der Waals surface area contributed by atoms with Crippen LogP contribution in [-0.4, -0.2) is 26.2 Å². The fourth-order valence-electron chi connectivity index (χ4n) is 1.34. The van der Waals surface area contributed by atoms with Crippen molar-refractivity contribution in [2.24, 2.45) is 0 Å². The molecule has 0 bridgehead atoms. The quantitative estimate of drug-likeness (QED) is 0.506. The van der Waals surface area contributed by atoms with E-state index in [-0.39, 0.29) is 0 Å². The van der Waals surface area contributed by atoms with Crippen molar-refractivity contribution >= 4 is 29.8 Å². The summed E-state index contributed by atoms with van der Waals surface area (Å²) in [7, 11) is 2.60. The van der Waals surface area contributed by atoms with Gasteiger partial charge in [0, 0.05) is 17.8 Å². The van der Waals surface area contributed by atoms with Gasteiger partial charge in [-0.15, -0.1) is 0 Å². The van der Waals surface area contributed by atoms with Crippen LogP contribution in [0.4, 0.5) is 5.69 Å². The van der Waals surface area contributed by atoms with Crippen molar-refractivity contribution < 1.29 is 19.1 Å². The second kappa shape index (κ2) is 7.00. The van der Waals surface area contributed by atoms with Gasteiger partial charge in [-0.25, -0.2) is 9.59 Å². The third kappa shape index (κ3) is 4.67. The maximum absolute atomic E-state index is 11.1. The van der Waals surface area contributed by atoms with E-state index in [0.29, 0.717) is 11.3 Å². The van der Waals surface area contributed by atoms with Crippen LogP contribution < -0.4 is 5.73 Å². The number of nitrogen functional groups attached to an aromatic ring is 1. The monoisotopic (exact) mass is 261 g/mol. The van der Waals surface area contributed by atoms with Crippen molar-refractivity contribution in [3.05, 3.63) is 41.5 Å². The van der Waals surface area contributed by atoms with Crippen molar-refractivity contribution in [2.45, 2.75) is 0 Å². The Morgan fingerprint density at radius 2 is 1.53 bits per heavy atom. The molecule has 19 heavy (non-hydrogen) atoms. The van der Waals surface area contributed by atoms with Crippen LogP contribution in [-0.2, 0) is 19.1 Å². The maximum Gasteiger partial charge on any atom is 0.330 e. The number of carbonyl (C=O) groups is 2. The molecule has 0 aliphatic carbocycles. The van der Waals surface area contributed by atoms with Crippen molar-refractivity contribution in [3.63, 3.8) is 0 Å². The van der Waals surface area contributed by atoms with E-state index in [1.54, 1.807) is 30.4 Å².